The van der Waals surface area contributed by atoms with Gasteiger partial charge in [0.2, 0.25) is 0 Å². The van der Waals surface area contributed by atoms with E-state index < -0.39 is 15.1 Å². The van der Waals surface area contributed by atoms with Crippen LogP contribution in [0.2, 0.25) is 0 Å². The van der Waals surface area contributed by atoms with Crippen LogP contribution >= 0.6 is 15.1 Å². The molecule has 0 saturated heterocycles. The number of halogens is 6. The van der Waals surface area contributed by atoms with E-state index in [2.05, 4.69) is 27.7 Å². The van der Waals surface area contributed by atoms with Crippen LogP contribution in [0.1, 0.15) is 195 Å². The summed E-state index contributed by atoms with van der Waals surface area (Å²) in [5.41, 5.74) is 0. The summed E-state index contributed by atoms with van der Waals surface area (Å²) >= 11 is 0. The molecule has 0 saturated carbocycles. The van der Waals surface area contributed by atoms with Crippen molar-refractivity contribution in [3.8, 4) is 0 Å². The molecule has 0 unspecified atom stereocenters. The van der Waals surface area contributed by atoms with Gasteiger partial charge >= 0.3 is 33.0 Å². The summed E-state index contributed by atoms with van der Waals surface area (Å²) < 4.78 is 59.2. The normalized spacial score (nSPS) is 13.9. The van der Waals surface area contributed by atoms with Gasteiger partial charge in [-0.3, -0.25) is 0 Å². The molecule has 0 amide bonds. The van der Waals surface area contributed by atoms with Crippen molar-refractivity contribution in [3.05, 3.63) is 0 Å². The molecule has 42 heavy (non-hydrogen) atoms. The zero-order chi connectivity index (χ0) is 32.1. The zero-order valence-corrected chi connectivity index (χ0v) is 30.2. The summed E-state index contributed by atoms with van der Waals surface area (Å²) in [6.07, 6.45) is 44.9. The summed E-state index contributed by atoms with van der Waals surface area (Å²) in [5.74, 6) is 0. The van der Waals surface area contributed by atoms with Gasteiger partial charge in [-0.2, -0.15) is 0 Å². The van der Waals surface area contributed by atoms with Crippen LogP contribution in [0.25, 0.3) is 0 Å². The Morgan fingerprint density at radius 3 is 0.667 bits per heavy atom. The van der Waals surface area contributed by atoms with Crippen LogP contribution in [0.5, 0.6) is 0 Å². The van der Waals surface area contributed by atoms with Crippen molar-refractivity contribution in [2.24, 2.45) is 0 Å². The molecular weight excluding hydrogens is 584 g/mol. The van der Waals surface area contributed by atoms with Crippen LogP contribution in [0.3, 0.4) is 0 Å². The predicted molar refractivity (Wildman–Crippen MR) is 183 cm³/mol. The Balaban J connectivity index is 0. The molecule has 0 aliphatic rings. The molecule has 0 N–H and O–H groups in total. The molecule has 0 bridgehead atoms. The predicted octanol–water partition coefficient (Wildman–Crippen LogP) is 16.6. The minimum atomic E-state index is -10.7. The molecule has 260 valence electrons. The summed E-state index contributed by atoms with van der Waals surface area (Å²) in [5, 5.41) is 0. The molecule has 0 nitrogen and oxygen atoms in total. The molecule has 0 aromatic rings. The first-order chi connectivity index (χ1) is 19.7. The molecular formula is C34H72F6P2. The number of rotatable bonds is 30. The van der Waals surface area contributed by atoms with Crippen molar-refractivity contribution >= 4 is 15.1 Å². The Morgan fingerprint density at radius 1 is 0.286 bits per heavy atom. The van der Waals surface area contributed by atoms with Gasteiger partial charge in [0.05, 0.1) is 24.6 Å². The third-order valence-electron chi connectivity index (χ3n) is 8.44. The van der Waals surface area contributed by atoms with Crippen LogP contribution < -0.4 is 0 Å². The van der Waals surface area contributed by atoms with E-state index in [4.69, 9.17) is 0 Å². The monoisotopic (exact) mass is 657 g/mol. The van der Waals surface area contributed by atoms with Crippen LogP contribution in [0, 0.1) is 0 Å². The molecule has 0 aromatic heterocycles. The topological polar surface area (TPSA) is 0 Å². The van der Waals surface area contributed by atoms with E-state index in [0.717, 1.165) is 0 Å². The minimum absolute atomic E-state index is 0.640. The Labute approximate surface area is 259 Å². The van der Waals surface area contributed by atoms with Gasteiger partial charge in [-0.25, -0.2) is 0 Å². The van der Waals surface area contributed by atoms with Crippen molar-refractivity contribution in [2.45, 2.75) is 195 Å². The van der Waals surface area contributed by atoms with Crippen LogP contribution in [-0.2, 0) is 0 Å². The van der Waals surface area contributed by atoms with E-state index in [-0.39, 0.29) is 0 Å². The van der Waals surface area contributed by atoms with Crippen molar-refractivity contribution in [1.29, 1.82) is 0 Å². The van der Waals surface area contributed by atoms with E-state index in [1.807, 2.05) is 0 Å². The van der Waals surface area contributed by atoms with Crippen molar-refractivity contribution in [1.82, 2.24) is 0 Å². The Bertz CT molecular complexity index is 532. The van der Waals surface area contributed by atoms with Gasteiger partial charge in [-0.05, 0) is 32.1 Å². The average molecular weight is 657 g/mol. The molecule has 0 atom stereocenters. The van der Waals surface area contributed by atoms with E-state index >= 15 is 0 Å². The number of hydrogen-bond donors (Lipinski definition) is 0. The van der Waals surface area contributed by atoms with Gasteiger partial charge in [-0.1, -0.05) is 163 Å². The third kappa shape index (κ3) is 42.6. The molecule has 0 aliphatic carbocycles. The van der Waals surface area contributed by atoms with Gasteiger partial charge < -0.3 is 0 Å². The first-order valence-corrected chi connectivity index (χ1v) is 22.7. The maximum absolute atomic E-state index is 10.7. The van der Waals surface area contributed by atoms with Crippen LogP contribution in [-0.4, -0.2) is 24.6 Å². The summed E-state index contributed by atoms with van der Waals surface area (Å²) in [4.78, 5) is 0. The molecule has 0 heterocycles. The summed E-state index contributed by atoms with van der Waals surface area (Å²) in [6, 6.07) is 0. The average Bonchev–Trinajstić information content (AvgIpc) is 2.90. The SMILES string of the molecule is CCCCCCCCCCCCCCCCCCCCCC[P+](CCCC)(CCCC)CCCC.F[P-](F)(F)(F)(F)F. The van der Waals surface area contributed by atoms with Gasteiger partial charge in [0.1, 0.15) is 0 Å². The van der Waals surface area contributed by atoms with E-state index in [1.54, 1.807) is 31.1 Å². The second-order valence-corrected chi connectivity index (χ2v) is 19.4. The summed E-state index contributed by atoms with van der Waals surface area (Å²) in [6.45, 7) is 9.50. The Kier molecular flexibility index (Phi) is 27.2. The third-order valence-corrected chi connectivity index (χ3v) is 13.5. The fraction of sp³-hybridized carbons (Fsp3) is 1.00. The van der Waals surface area contributed by atoms with E-state index in [1.165, 1.54) is 161 Å². The molecule has 0 fully saturated rings. The van der Waals surface area contributed by atoms with Crippen LogP contribution in [0.4, 0.5) is 25.2 Å². The summed E-state index contributed by atoms with van der Waals surface area (Å²) in [7, 11) is -11.3. The Hall–Kier alpha value is 0.440. The first kappa shape index (κ1) is 44.6. The molecule has 0 spiro atoms. The van der Waals surface area contributed by atoms with Gasteiger partial charge in [0.15, 0.2) is 0 Å². The van der Waals surface area contributed by atoms with Gasteiger partial charge in [0.25, 0.3) is 0 Å². The Morgan fingerprint density at radius 2 is 0.452 bits per heavy atom. The molecule has 0 aromatic carbocycles. The quantitative estimate of drug-likeness (QED) is 0.0410. The maximum atomic E-state index is 9.87. The number of hydrogen-bond acceptors (Lipinski definition) is 0. The van der Waals surface area contributed by atoms with Crippen LogP contribution in [0.15, 0.2) is 0 Å². The van der Waals surface area contributed by atoms with Crippen molar-refractivity contribution in [2.75, 3.05) is 24.6 Å². The first-order valence-electron chi connectivity index (χ1n) is 18.1. The van der Waals surface area contributed by atoms with Gasteiger partial charge in [-0.15, -0.1) is 0 Å². The molecule has 0 radical (unpaired) electrons. The number of unbranched alkanes of at least 4 members (excludes halogenated alkanes) is 22. The molecule has 8 heteroatoms. The second kappa shape index (κ2) is 25.6. The van der Waals surface area contributed by atoms with E-state index in [0.29, 0.717) is 0 Å². The second-order valence-electron chi connectivity index (χ2n) is 13.0. The fourth-order valence-electron chi connectivity index (χ4n) is 5.85. The van der Waals surface area contributed by atoms with E-state index in [9.17, 15) is 25.2 Å². The zero-order valence-electron chi connectivity index (χ0n) is 28.4. The molecule has 0 aliphatic heterocycles. The fourth-order valence-corrected chi connectivity index (χ4v) is 11.1. The van der Waals surface area contributed by atoms with Crippen molar-refractivity contribution < 1.29 is 25.2 Å². The van der Waals surface area contributed by atoms with Gasteiger partial charge in [0, 0.05) is 7.26 Å². The van der Waals surface area contributed by atoms with Crippen molar-refractivity contribution in [3.63, 3.8) is 0 Å². The standard InChI is InChI=1S/C34H72P.F6P/c1-5-9-13-14-15-16-17-18-19-20-21-22-23-24-25-26-27-28-29-30-34-35(31-10-6-2,32-11-7-3)33-12-8-4;1-7(2,3,4,5)6/h5-34H2,1-4H3;/q+1;-1. The molecule has 0 rings (SSSR count).